The number of benzene rings is 1. The van der Waals surface area contributed by atoms with Crippen molar-refractivity contribution < 1.29 is 10.0 Å². The SMILES string of the molecule is Cn1c(N)c(N=Cc2cc(Br)cc([N+](=O)[O-])c2O)c(=O)n(C)c1=O. The molecule has 1 aromatic heterocycles. The lowest BCUT2D eigenvalue weighted by atomic mass is 10.2. The molecule has 11 heteroatoms. The average molecular weight is 398 g/mol. The van der Waals surface area contributed by atoms with E-state index in [-0.39, 0.29) is 17.1 Å². The fourth-order valence-corrected chi connectivity index (χ4v) is 2.40. The molecule has 0 unspecified atom stereocenters. The van der Waals surface area contributed by atoms with Gasteiger partial charge in [0.05, 0.1) is 4.92 Å². The molecule has 0 amide bonds. The summed E-state index contributed by atoms with van der Waals surface area (Å²) in [5.74, 6) is -0.768. The smallest absolute Gasteiger partial charge is 0.332 e. The first-order valence-electron chi connectivity index (χ1n) is 6.41. The van der Waals surface area contributed by atoms with Crippen molar-refractivity contribution in [2.75, 3.05) is 5.73 Å². The number of aromatic nitrogens is 2. The Morgan fingerprint density at radius 3 is 2.54 bits per heavy atom. The van der Waals surface area contributed by atoms with Crippen LogP contribution in [0.1, 0.15) is 5.56 Å². The molecule has 1 aromatic carbocycles. The van der Waals surface area contributed by atoms with Crippen molar-refractivity contribution in [3.05, 3.63) is 53.1 Å². The van der Waals surface area contributed by atoms with Gasteiger partial charge in [0, 0.05) is 36.4 Å². The third kappa shape index (κ3) is 2.93. The highest BCUT2D eigenvalue weighted by Gasteiger charge is 2.18. The Hall–Kier alpha value is -2.95. The van der Waals surface area contributed by atoms with E-state index in [2.05, 4.69) is 20.9 Å². The van der Waals surface area contributed by atoms with Gasteiger partial charge in [0.25, 0.3) is 5.56 Å². The van der Waals surface area contributed by atoms with E-state index in [4.69, 9.17) is 5.73 Å². The fraction of sp³-hybridized carbons (Fsp3) is 0.154. The van der Waals surface area contributed by atoms with Crippen LogP contribution in [-0.2, 0) is 14.1 Å². The zero-order valence-corrected chi connectivity index (χ0v) is 14.1. The maximum absolute atomic E-state index is 12.1. The largest absolute Gasteiger partial charge is 0.502 e. The Labute approximate surface area is 142 Å². The number of anilines is 1. The van der Waals surface area contributed by atoms with Crippen LogP contribution in [0.5, 0.6) is 5.75 Å². The molecule has 0 spiro atoms. The molecule has 0 saturated heterocycles. The van der Waals surface area contributed by atoms with Gasteiger partial charge in [0.15, 0.2) is 5.69 Å². The first-order chi connectivity index (χ1) is 11.1. The zero-order valence-electron chi connectivity index (χ0n) is 12.6. The number of aromatic hydroxyl groups is 1. The van der Waals surface area contributed by atoms with Gasteiger partial charge < -0.3 is 10.8 Å². The van der Waals surface area contributed by atoms with Crippen LogP contribution in [0.15, 0.2) is 31.2 Å². The Bertz CT molecular complexity index is 992. The third-order valence-corrected chi connectivity index (χ3v) is 3.76. The van der Waals surface area contributed by atoms with E-state index < -0.39 is 27.6 Å². The number of nitrogens with two attached hydrogens (primary N) is 1. The number of rotatable bonds is 3. The maximum atomic E-state index is 12.1. The van der Waals surface area contributed by atoms with Crippen LogP contribution in [0, 0.1) is 10.1 Å². The number of phenols is 1. The van der Waals surface area contributed by atoms with E-state index in [1.165, 1.54) is 20.2 Å². The van der Waals surface area contributed by atoms with E-state index in [1.54, 1.807) is 0 Å². The molecule has 3 N–H and O–H groups in total. The Balaban J connectivity index is 2.64. The summed E-state index contributed by atoms with van der Waals surface area (Å²) < 4.78 is 2.21. The molecular weight excluding hydrogens is 386 g/mol. The van der Waals surface area contributed by atoms with Crippen molar-refractivity contribution in [1.29, 1.82) is 0 Å². The van der Waals surface area contributed by atoms with Crippen LogP contribution in [-0.4, -0.2) is 25.4 Å². The molecule has 0 aliphatic heterocycles. The predicted molar refractivity (Wildman–Crippen MR) is 91.1 cm³/mol. The Morgan fingerprint density at radius 2 is 1.96 bits per heavy atom. The summed E-state index contributed by atoms with van der Waals surface area (Å²) in [6.07, 6.45) is 1.06. The molecule has 0 aliphatic rings. The summed E-state index contributed by atoms with van der Waals surface area (Å²) in [6.45, 7) is 0. The van der Waals surface area contributed by atoms with Gasteiger partial charge in [-0.05, 0) is 6.07 Å². The van der Waals surface area contributed by atoms with Crippen LogP contribution in [0.4, 0.5) is 17.2 Å². The minimum absolute atomic E-state index is 0.00591. The lowest BCUT2D eigenvalue weighted by Crippen LogP contribution is -2.37. The number of aliphatic imine (C=N–C) groups is 1. The molecular formula is C13H12BrN5O5. The minimum atomic E-state index is -0.753. The Kier molecular flexibility index (Phi) is 4.55. The molecule has 0 fully saturated rings. The Morgan fingerprint density at radius 1 is 1.33 bits per heavy atom. The normalized spacial score (nSPS) is 11.1. The van der Waals surface area contributed by atoms with Crippen LogP contribution >= 0.6 is 15.9 Å². The second kappa shape index (κ2) is 6.28. The van der Waals surface area contributed by atoms with Gasteiger partial charge in [-0.2, -0.15) is 0 Å². The van der Waals surface area contributed by atoms with Gasteiger partial charge >= 0.3 is 11.4 Å². The highest BCUT2D eigenvalue weighted by molar-refractivity contribution is 9.10. The molecule has 0 bridgehead atoms. The van der Waals surface area contributed by atoms with Crippen LogP contribution < -0.4 is 17.0 Å². The van der Waals surface area contributed by atoms with E-state index >= 15 is 0 Å². The highest BCUT2D eigenvalue weighted by Crippen LogP contribution is 2.32. The van der Waals surface area contributed by atoms with E-state index in [0.29, 0.717) is 4.47 Å². The molecule has 0 saturated carbocycles. The van der Waals surface area contributed by atoms with Gasteiger partial charge in [0.1, 0.15) is 5.82 Å². The van der Waals surface area contributed by atoms with E-state index in [0.717, 1.165) is 21.4 Å². The molecule has 0 radical (unpaired) electrons. The van der Waals surface area contributed by atoms with Gasteiger partial charge in [-0.25, -0.2) is 9.79 Å². The predicted octanol–water partition coefficient (Wildman–Crippen LogP) is 0.793. The summed E-state index contributed by atoms with van der Waals surface area (Å²) in [7, 11) is 2.64. The standard InChI is InChI=1S/C13H12BrN5O5/c1-17-11(15)9(12(21)18(2)13(17)22)16-5-6-3-7(14)4-8(10(6)20)19(23)24/h3-5,20H,15H2,1-2H3. The molecule has 2 aromatic rings. The van der Waals surface area contributed by atoms with Crippen LogP contribution in [0.3, 0.4) is 0 Å². The molecule has 1 heterocycles. The van der Waals surface area contributed by atoms with Crippen molar-refractivity contribution in [2.45, 2.75) is 0 Å². The number of nitro benzene ring substituents is 1. The fourth-order valence-electron chi connectivity index (χ4n) is 1.94. The van der Waals surface area contributed by atoms with Gasteiger partial charge in [-0.15, -0.1) is 0 Å². The van der Waals surface area contributed by atoms with Crippen molar-refractivity contribution in [1.82, 2.24) is 9.13 Å². The lowest BCUT2D eigenvalue weighted by Gasteiger charge is -2.08. The number of hydrogen-bond donors (Lipinski definition) is 2. The minimum Gasteiger partial charge on any atom is -0.502 e. The summed E-state index contributed by atoms with van der Waals surface area (Å²) in [4.78, 5) is 37.9. The number of nitrogens with zero attached hydrogens (tertiary/aromatic N) is 4. The second-order valence-corrected chi connectivity index (χ2v) is 5.73. The molecule has 126 valence electrons. The number of hydrogen-bond acceptors (Lipinski definition) is 7. The topological polar surface area (TPSA) is 146 Å². The lowest BCUT2D eigenvalue weighted by molar-refractivity contribution is -0.385. The van der Waals surface area contributed by atoms with Crippen molar-refractivity contribution in [3.8, 4) is 5.75 Å². The van der Waals surface area contributed by atoms with E-state index in [1.807, 2.05) is 0 Å². The molecule has 2 rings (SSSR count). The molecule has 24 heavy (non-hydrogen) atoms. The number of nitro groups is 1. The summed E-state index contributed by atoms with van der Waals surface area (Å²) in [5.41, 5.74) is 3.64. The average Bonchev–Trinajstić information content (AvgIpc) is 2.53. The molecule has 0 atom stereocenters. The molecule has 0 aliphatic carbocycles. The summed E-state index contributed by atoms with van der Waals surface area (Å²) in [6, 6.07) is 2.51. The van der Waals surface area contributed by atoms with E-state index in [9.17, 15) is 24.8 Å². The van der Waals surface area contributed by atoms with Crippen molar-refractivity contribution >= 4 is 39.3 Å². The number of halogens is 1. The highest BCUT2D eigenvalue weighted by atomic mass is 79.9. The van der Waals surface area contributed by atoms with Gasteiger partial charge in [-0.1, -0.05) is 15.9 Å². The van der Waals surface area contributed by atoms with Crippen molar-refractivity contribution in [2.24, 2.45) is 19.1 Å². The summed E-state index contributed by atoms with van der Waals surface area (Å²) in [5, 5.41) is 20.8. The zero-order chi connectivity index (χ0) is 18.2. The first-order valence-corrected chi connectivity index (χ1v) is 7.21. The quantitative estimate of drug-likeness (QED) is 0.444. The first kappa shape index (κ1) is 17.4. The van der Waals surface area contributed by atoms with Gasteiger partial charge in [0.2, 0.25) is 5.75 Å². The third-order valence-electron chi connectivity index (χ3n) is 3.30. The summed E-state index contributed by atoms with van der Waals surface area (Å²) >= 11 is 3.09. The van der Waals surface area contributed by atoms with Crippen molar-refractivity contribution in [3.63, 3.8) is 0 Å². The van der Waals surface area contributed by atoms with Gasteiger partial charge in [-0.3, -0.25) is 24.0 Å². The maximum Gasteiger partial charge on any atom is 0.332 e. The second-order valence-electron chi connectivity index (χ2n) is 4.82. The number of nitrogen functional groups attached to an aromatic ring is 1. The monoisotopic (exact) mass is 397 g/mol. The number of phenolic OH excluding ortho intramolecular Hbond substituents is 1. The molecule has 10 nitrogen and oxygen atoms in total. The van der Waals surface area contributed by atoms with Crippen LogP contribution in [0.25, 0.3) is 0 Å². The van der Waals surface area contributed by atoms with Crippen LogP contribution in [0.2, 0.25) is 0 Å².